The molecule has 0 N–H and O–H groups in total. The van der Waals surface area contributed by atoms with Crippen molar-refractivity contribution in [2.75, 3.05) is 4.90 Å². The lowest BCUT2D eigenvalue weighted by molar-refractivity contribution is -0.175. The van der Waals surface area contributed by atoms with E-state index < -0.39 is 6.09 Å². The maximum atomic E-state index is 14.4. The van der Waals surface area contributed by atoms with E-state index in [1.54, 1.807) is 28.0 Å². The Labute approximate surface area is 231 Å². The molecular formula is C29H30ClN7O2. The normalized spacial score (nSPS) is 30.0. The first-order chi connectivity index (χ1) is 18.7. The van der Waals surface area contributed by atoms with Crippen LogP contribution >= 0.6 is 11.6 Å². The Kier molecular flexibility index (Phi) is 4.69. The van der Waals surface area contributed by atoms with Crippen molar-refractivity contribution < 1.29 is 9.53 Å². The van der Waals surface area contributed by atoms with Gasteiger partial charge in [-0.1, -0.05) is 11.6 Å². The fourth-order valence-corrected chi connectivity index (χ4v) is 8.78. The number of benzene rings is 1. The molecule has 1 unspecified atom stereocenters. The lowest BCUT2D eigenvalue weighted by atomic mass is 9.52. The summed E-state index contributed by atoms with van der Waals surface area (Å²) in [6.45, 7) is 3.89. The highest BCUT2D eigenvalue weighted by Crippen LogP contribution is 2.78. The van der Waals surface area contributed by atoms with E-state index in [1.807, 2.05) is 43.7 Å². The number of imidazole rings is 1. The number of nitrogens with zero attached hydrogens (tertiary/aromatic N) is 7. The number of carbonyl (C=O) groups excluding carboxylic acids is 1. The molecule has 4 aromatic rings. The first kappa shape index (κ1) is 23.4. The summed E-state index contributed by atoms with van der Waals surface area (Å²) >= 11 is 6.25. The van der Waals surface area contributed by atoms with Crippen molar-refractivity contribution in [1.82, 2.24) is 29.3 Å². The van der Waals surface area contributed by atoms with Crippen LogP contribution in [-0.4, -0.2) is 41.0 Å². The van der Waals surface area contributed by atoms with Crippen molar-refractivity contribution in [2.24, 2.45) is 30.2 Å². The van der Waals surface area contributed by atoms with Crippen LogP contribution in [0.1, 0.15) is 49.9 Å². The van der Waals surface area contributed by atoms with Gasteiger partial charge in [0.25, 0.3) is 5.95 Å². The Morgan fingerprint density at radius 1 is 1.08 bits per heavy atom. The van der Waals surface area contributed by atoms with E-state index in [9.17, 15) is 4.79 Å². The van der Waals surface area contributed by atoms with Gasteiger partial charge < -0.3 is 9.30 Å². The number of ether oxygens (including phenoxy) is 1. The van der Waals surface area contributed by atoms with Crippen LogP contribution in [0.2, 0.25) is 5.02 Å². The van der Waals surface area contributed by atoms with Crippen LogP contribution in [-0.2, 0) is 11.8 Å². The Morgan fingerprint density at radius 3 is 2.64 bits per heavy atom. The van der Waals surface area contributed by atoms with E-state index in [4.69, 9.17) is 26.3 Å². The van der Waals surface area contributed by atoms with E-state index in [0.29, 0.717) is 45.5 Å². The van der Waals surface area contributed by atoms with Crippen LogP contribution < -0.4 is 4.90 Å². The third-order valence-electron chi connectivity index (χ3n) is 9.96. The van der Waals surface area contributed by atoms with Gasteiger partial charge in [-0.05, 0) is 100 Å². The highest BCUT2D eigenvalue weighted by Gasteiger charge is 2.76. The van der Waals surface area contributed by atoms with Gasteiger partial charge in [-0.3, -0.25) is 0 Å². The molecule has 3 bridgehead atoms. The van der Waals surface area contributed by atoms with Gasteiger partial charge in [-0.2, -0.15) is 15.1 Å². The molecule has 0 saturated heterocycles. The van der Waals surface area contributed by atoms with Crippen molar-refractivity contribution in [3.8, 4) is 5.95 Å². The number of anilines is 2. The van der Waals surface area contributed by atoms with Gasteiger partial charge in [0, 0.05) is 23.2 Å². The molecule has 4 fully saturated rings. The third kappa shape index (κ3) is 3.16. The largest absolute Gasteiger partial charge is 0.442 e. The number of fused-ring (bicyclic) bond motifs is 3. The van der Waals surface area contributed by atoms with Crippen molar-refractivity contribution in [1.29, 1.82) is 0 Å². The summed E-state index contributed by atoms with van der Waals surface area (Å²) in [6.07, 6.45) is 8.18. The first-order valence-electron chi connectivity index (χ1n) is 13.8. The second kappa shape index (κ2) is 7.81. The smallest absolute Gasteiger partial charge is 0.420 e. The molecule has 0 aliphatic heterocycles. The zero-order valence-corrected chi connectivity index (χ0v) is 23.0. The summed E-state index contributed by atoms with van der Waals surface area (Å²) in [6, 6.07) is 9.16. The highest BCUT2D eigenvalue weighted by atomic mass is 35.5. The number of carbonyl (C=O) groups is 1. The van der Waals surface area contributed by atoms with E-state index in [2.05, 4.69) is 10.1 Å². The van der Waals surface area contributed by atoms with Gasteiger partial charge in [0.05, 0.1) is 17.7 Å². The average molecular weight is 544 g/mol. The molecule has 9 nitrogen and oxygen atoms in total. The number of hydrogen-bond acceptors (Lipinski definition) is 6. The molecule has 10 heteroatoms. The second-order valence-corrected chi connectivity index (χ2v) is 12.7. The van der Waals surface area contributed by atoms with Gasteiger partial charge >= 0.3 is 6.09 Å². The zero-order chi connectivity index (χ0) is 26.7. The third-order valence-corrected chi connectivity index (χ3v) is 10.2. The summed E-state index contributed by atoms with van der Waals surface area (Å²) in [5, 5.41) is 5.19. The van der Waals surface area contributed by atoms with Gasteiger partial charge in [0.2, 0.25) is 0 Å². The number of hydrogen-bond donors (Lipinski definition) is 0. The minimum atomic E-state index is -0.425. The Hall–Kier alpha value is -3.46. The van der Waals surface area contributed by atoms with Gasteiger partial charge in [0.15, 0.2) is 17.0 Å². The number of halogens is 1. The van der Waals surface area contributed by atoms with Crippen LogP contribution in [0.15, 0.2) is 36.7 Å². The van der Waals surface area contributed by atoms with Crippen LogP contribution in [0, 0.1) is 37.0 Å². The zero-order valence-electron chi connectivity index (χ0n) is 22.3. The molecule has 5 atom stereocenters. The Morgan fingerprint density at radius 2 is 1.87 bits per heavy atom. The summed E-state index contributed by atoms with van der Waals surface area (Å²) in [5.41, 5.74) is 3.26. The monoisotopic (exact) mass is 543 g/mol. The fraction of sp³-hybridized carbons (Fsp3) is 0.483. The predicted molar refractivity (Wildman–Crippen MR) is 146 cm³/mol. The second-order valence-electron chi connectivity index (χ2n) is 12.3. The molecular weight excluding hydrogens is 514 g/mol. The topological polar surface area (TPSA) is 91.0 Å². The van der Waals surface area contributed by atoms with Gasteiger partial charge in [-0.15, -0.1) is 0 Å². The minimum absolute atomic E-state index is 0.156. The quantitative estimate of drug-likeness (QED) is 0.310. The molecule has 39 heavy (non-hydrogen) atoms. The fourth-order valence-electron chi connectivity index (χ4n) is 8.66. The molecule has 1 aromatic carbocycles. The summed E-state index contributed by atoms with van der Waals surface area (Å²) in [4.78, 5) is 30.2. The van der Waals surface area contributed by atoms with Crippen LogP contribution in [0.5, 0.6) is 0 Å². The van der Waals surface area contributed by atoms with Crippen LogP contribution in [0.25, 0.3) is 17.1 Å². The molecule has 8 rings (SSSR count). The Balaban J connectivity index is 1.27. The van der Waals surface area contributed by atoms with Crippen molar-refractivity contribution in [3.63, 3.8) is 0 Å². The van der Waals surface area contributed by atoms with Crippen LogP contribution in [0.3, 0.4) is 0 Å². The number of aryl methyl sites for hydroxylation is 3. The van der Waals surface area contributed by atoms with Crippen molar-refractivity contribution >= 4 is 40.4 Å². The first-order valence-corrected chi connectivity index (χ1v) is 14.1. The molecule has 3 heterocycles. The average Bonchev–Trinajstić information content (AvgIpc) is 3.55. The van der Waals surface area contributed by atoms with E-state index >= 15 is 0 Å². The molecule has 4 aliphatic carbocycles. The van der Waals surface area contributed by atoms with E-state index in [0.717, 1.165) is 30.1 Å². The van der Waals surface area contributed by atoms with Gasteiger partial charge in [-0.25, -0.2) is 19.4 Å². The molecule has 4 aliphatic rings. The summed E-state index contributed by atoms with van der Waals surface area (Å²) in [7, 11) is 1.88. The van der Waals surface area contributed by atoms with Crippen molar-refractivity contribution in [2.45, 2.75) is 58.0 Å². The van der Waals surface area contributed by atoms with Gasteiger partial charge in [0.1, 0.15) is 5.60 Å². The number of rotatable bonds is 4. The van der Waals surface area contributed by atoms with E-state index in [-0.39, 0.29) is 11.0 Å². The Bertz CT molecular complexity index is 1660. The molecule has 1 amide bonds. The molecule has 4 saturated carbocycles. The number of aromatic nitrogens is 6. The maximum Gasteiger partial charge on any atom is 0.420 e. The summed E-state index contributed by atoms with van der Waals surface area (Å²) < 4.78 is 10.2. The van der Waals surface area contributed by atoms with E-state index in [1.165, 1.54) is 25.7 Å². The molecule has 3 aromatic heterocycles. The molecule has 1 spiro atoms. The maximum absolute atomic E-state index is 14.4. The SMILES string of the molecule is Cc1cc(C)n(-c2nc(N(C(=O)O[C@@]34C[C@@H]5C[C@H]6C[C@H](C3)C4(C5)C6)c3ccc(Cl)cc3)c3ncn(C)c3n2)n1. The molecule has 0 radical (unpaired) electrons. The lowest BCUT2D eigenvalue weighted by Crippen LogP contribution is -2.61. The lowest BCUT2D eigenvalue weighted by Gasteiger charge is -2.57. The number of amides is 1. The van der Waals surface area contributed by atoms with Crippen LogP contribution in [0.4, 0.5) is 16.3 Å². The molecule has 200 valence electrons. The minimum Gasteiger partial charge on any atom is -0.442 e. The van der Waals surface area contributed by atoms with Crippen molar-refractivity contribution in [3.05, 3.63) is 53.1 Å². The highest BCUT2D eigenvalue weighted by molar-refractivity contribution is 6.30. The standard InChI is InChI=1S/C29H30ClN7O2/c1-16-8-17(2)37(34-16)26-32-24-23(31-15-35(24)3)25(33-26)36(22-6-4-21(30)5-7-22)27(38)39-29-13-19-9-18-10-20(14-29)28(29,11-18)12-19/h4-8,15,18-20H,9-14H2,1-3H3/t18-,19+,20+,28?,29-/m0/s1. The summed E-state index contributed by atoms with van der Waals surface area (Å²) in [5.74, 6) is 2.88. The predicted octanol–water partition coefficient (Wildman–Crippen LogP) is 6.06.